The lowest BCUT2D eigenvalue weighted by atomic mass is 9.97. The zero-order chi connectivity index (χ0) is 25.2. The summed E-state index contributed by atoms with van der Waals surface area (Å²) in [5.74, 6) is 0.986. The highest BCUT2D eigenvalue weighted by Gasteiger charge is 2.33. The van der Waals surface area contributed by atoms with Crippen LogP contribution in [0.25, 0.3) is 0 Å². The lowest BCUT2D eigenvalue weighted by Gasteiger charge is -2.30. The topological polar surface area (TPSA) is 105 Å². The van der Waals surface area contributed by atoms with Crippen LogP contribution in [0.2, 0.25) is 10.0 Å². The zero-order valence-corrected chi connectivity index (χ0v) is 21.7. The van der Waals surface area contributed by atoms with Gasteiger partial charge in [0.1, 0.15) is 4.90 Å². The number of hydrogen-bond donors (Lipinski definition) is 1. The van der Waals surface area contributed by atoms with Crippen molar-refractivity contribution in [1.82, 2.24) is 14.4 Å². The van der Waals surface area contributed by atoms with Crippen molar-refractivity contribution >= 4 is 44.8 Å². The van der Waals surface area contributed by atoms with Gasteiger partial charge in [-0.2, -0.15) is 9.29 Å². The molecule has 3 aromatic rings. The Morgan fingerprint density at radius 3 is 2.46 bits per heavy atom. The van der Waals surface area contributed by atoms with Gasteiger partial charge in [0.2, 0.25) is 21.8 Å². The van der Waals surface area contributed by atoms with E-state index in [0.29, 0.717) is 41.7 Å². The standard InChI is InChI=1S/C24H26Cl2N4O4S/c1-15(2)24-28-22(29-34-24)13-16-3-6-19(7-4-16)27-23(31)17-9-11-30(12-10-17)35(32,33)21-14-18(25)5-8-20(21)26/h3-8,14-15,17H,9-13H2,1-2H3,(H,27,31). The number of carbonyl (C=O) groups is 1. The molecule has 0 spiro atoms. The molecule has 0 bridgehead atoms. The van der Waals surface area contributed by atoms with Crippen LogP contribution in [0, 0.1) is 5.92 Å². The number of hydrogen-bond acceptors (Lipinski definition) is 6. The van der Waals surface area contributed by atoms with E-state index in [0.717, 1.165) is 5.56 Å². The van der Waals surface area contributed by atoms with Crippen LogP contribution in [0.5, 0.6) is 0 Å². The van der Waals surface area contributed by atoms with Crippen LogP contribution in [-0.2, 0) is 21.2 Å². The molecular formula is C24H26Cl2N4O4S. The first-order chi connectivity index (χ1) is 16.6. The molecule has 0 radical (unpaired) electrons. The van der Waals surface area contributed by atoms with Gasteiger partial charge < -0.3 is 9.84 Å². The molecule has 186 valence electrons. The molecule has 8 nitrogen and oxygen atoms in total. The van der Waals surface area contributed by atoms with Gasteiger partial charge in [0.25, 0.3) is 0 Å². The molecule has 0 atom stereocenters. The highest BCUT2D eigenvalue weighted by atomic mass is 35.5. The molecule has 11 heteroatoms. The molecule has 1 aliphatic heterocycles. The second-order valence-electron chi connectivity index (χ2n) is 8.82. The third-order valence-electron chi connectivity index (χ3n) is 5.90. The van der Waals surface area contributed by atoms with E-state index >= 15 is 0 Å². The number of benzene rings is 2. The number of sulfonamides is 1. The van der Waals surface area contributed by atoms with Crippen molar-refractivity contribution in [3.05, 3.63) is 69.8 Å². The zero-order valence-electron chi connectivity index (χ0n) is 19.4. The molecule has 2 heterocycles. The van der Waals surface area contributed by atoms with Gasteiger partial charge >= 0.3 is 0 Å². The number of rotatable bonds is 7. The highest BCUT2D eigenvalue weighted by Crippen LogP contribution is 2.30. The van der Waals surface area contributed by atoms with E-state index in [1.54, 1.807) is 6.07 Å². The first-order valence-electron chi connectivity index (χ1n) is 11.3. The first-order valence-corrected chi connectivity index (χ1v) is 13.5. The van der Waals surface area contributed by atoms with Crippen LogP contribution in [0.15, 0.2) is 51.9 Å². The molecule has 1 saturated heterocycles. The lowest BCUT2D eigenvalue weighted by molar-refractivity contribution is -0.120. The molecule has 4 rings (SSSR count). The lowest BCUT2D eigenvalue weighted by Crippen LogP contribution is -2.41. The molecule has 0 saturated carbocycles. The number of amides is 1. The van der Waals surface area contributed by atoms with E-state index in [4.69, 9.17) is 27.7 Å². The van der Waals surface area contributed by atoms with E-state index in [2.05, 4.69) is 15.5 Å². The van der Waals surface area contributed by atoms with Crippen molar-refractivity contribution in [3.8, 4) is 0 Å². The Kier molecular flexibility index (Phi) is 7.80. The SMILES string of the molecule is CC(C)c1nc(Cc2ccc(NC(=O)C3CCN(S(=O)(=O)c4cc(Cl)ccc4Cl)CC3)cc2)no1. The summed E-state index contributed by atoms with van der Waals surface area (Å²) in [7, 11) is -3.79. The van der Waals surface area contributed by atoms with Crippen LogP contribution in [0.4, 0.5) is 5.69 Å². The molecule has 0 unspecified atom stereocenters. The number of nitrogens with one attached hydrogen (secondary N) is 1. The monoisotopic (exact) mass is 536 g/mol. The highest BCUT2D eigenvalue weighted by molar-refractivity contribution is 7.89. The molecule has 1 fully saturated rings. The van der Waals surface area contributed by atoms with Crippen LogP contribution >= 0.6 is 23.2 Å². The number of piperidine rings is 1. The summed E-state index contributed by atoms with van der Waals surface area (Å²) in [6, 6.07) is 11.8. The van der Waals surface area contributed by atoms with Gasteiger partial charge in [-0.1, -0.05) is 54.3 Å². The third kappa shape index (κ3) is 6.03. The largest absolute Gasteiger partial charge is 0.339 e. The maximum atomic E-state index is 13.0. The average molecular weight is 537 g/mol. The Balaban J connectivity index is 1.32. The van der Waals surface area contributed by atoms with Gasteiger partial charge in [-0.3, -0.25) is 4.79 Å². The second-order valence-corrected chi connectivity index (χ2v) is 11.6. The van der Waals surface area contributed by atoms with Gasteiger partial charge in [0, 0.05) is 42.1 Å². The summed E-state index contributed by atoms with van der Waals surface area (Å²) >= 11 is 12.1. The van der Waals surface area contributed by atoms with E-state index in [1.165, 1.54) is 16.4 Å². The van der Waals surface area contributed by atoms with Gasteiger partial charge in [0.05, 0.1) is 5.02 Å². The van der Waals surface area contributed by atoms with Crippen LogP contribution < -0.4 is 5.32 Å². The summed E-state index contributed by atoms with van der Waals surface area (Å²) in [6.07, 6.45) is 1.36. The average Bonchev–Trinajstić information content (AvgIpc) is 3.31. The normalized spacial score (nSPS) is 15.5. The van der Waals surface area contributed by atoms with Crippen molar-refractivity contribution in [2.24, 2.45) is 5.92 Å². The smallest absolute Gasteiger partial charge is 0.244 e. The van der Waals surface area contributed by atoms with Gasteiger partial charge in [0.15, 0.2) is 5.82 Å². The Hall–Kier alpha value is -2.46. The minimum Gasteiger partial charge on any atom is -0.339 e. The van der Waals surface area contributed by atoms with Crippen LogP contribution in [0.1, 0.15) is 49.9 Å². The van der Waals surface area contributed by atoms with Crippen molar-refractivity contribution in [3.63, 3.8) is 0 Å². The van der Waals surface area contributed by atoms with Crippen molar-refractivity contribution < 1.29 is 17.7 Å². The summed E-state index contributed by atoms with van der Waals surface area (Å²) in [5, 5.41) is 7.35. The fraction of sp³-hybridized carbons (Fsp3) is 0.375. The van der Waals surface area contributed by atoms with Crippen LogP contribution in [-0.4, -0.2) is 41.9 Å². The summed E-state index contributed by atoms with van der Waals surface area (Å²) in [5.41, 5.74) is 1.67. The van der Waals surface area contributed by atoms with Crippen molar-refractivity contribution in [2.75, 3.05) is 18.4 Å². The Morgan fingerprint density at radius 1 is 1.14 bits per heavy atom. The minimum atomic E-state index is -3.79. The Morgan fingerprint density at radius 2 is 1.83 bits per heavy atom. The van der Waals surface area contributed by atoms with Gasteiger partial charge in [-0.15, -0.1) is 0 Å². The van der Waals surface area contributed by atoms with Crippen molar-refractivity contribution in [2.45, 2.75) is 43.9 Å². The van der Waals surface area contributed by atoms with E-state index in [1.807, 2.05) is 38.1 Å². The summed E-state index contributed by atoms with van der Waals surface area (Å²) in [6.45, 7) is 4.44. The minimum absolute atomic E-state index is 0.0177. The van der Waals surface area contributed by atoms with E-state index < -0.39 is 10.0 Å². The first kappa shape index (κ1) is 25.6. The predicted molar refractivity (Wildman–Crippen MR) is 134 cm³/mol. The fourth-order valence-corrected chi connectivity index (χ4v) is 6.09. The summed E-state index contributed by atoms with van der Waals surface area (Å²) < 4.78 is 32.6. The molecule has 0 aliphatic carbocycles. The molecule has 1 amide bonds. The number of anilines is 1. The number of aromatic nitrogens is 2. The maximum Gasteiger partial charge on any atom is 0.244 e. The Bertz CT molecular complexity index is 1300. The molecule has 1 aromatic heterocycles. The van der Waals surface area contributed by atoms with E-state index in [9.17, 15) is 13.2 Å². The number of halogens is 2. The molecule has 1 aliphatic rings. The fourth-order valence-electron chi connectivity index (χ4n) is 3.88. The molecule has 1 N–H and O–H groups in total. The Labute approximate surface area is 214 Å². The van der Waals surface area contributed by atoms with Gasteiger partial charge in [-0.05, 0) is 48.7 Å². The van der Waals surface area contributed by atoms with Gasteiger partial charge in [-0.25, -0.2) is 8.42 Å². The third-order valence-corrected chi connectivity index (χ3v) is 8.51. The second kappa shape index (κ2) is 10.7. The molecule has 2 aromatic carbocycles. The molecule has 35 heavy (non-hydrogen) atoms. The van der Waals surface area contributed by atoms with E-state index in [-0.39, 0.29) is 40.8 Å². The maximum absolute atomic E-state index is 13.0. The number of nitrogens with zero attached hydrogens (tertiary/aromatic N) is 3. The van der Waals surface area contributed by atoms with Crippen LogP contribution in [0.3, 0.4) is 0 Å². The number of carbonyl (C=O) groups excluding carboxylic acids is 1. The molecular weight excluding hydrogens is 511 g/mol. The van der Waals surface area contributed by atoms with Crippen molar-refractivity contribution in [1.29, 1.82) is 0 Å². The predicted octanol–water partition coefficient (Wildman–Crippen LogP) is 5.13. The summed E-state index contributed by atoms with van der Waals surface area (Å²) in [4.78, 5) is 17.1. The quantitative estimate of drug-likeness (QED) is 0.448.